The highest BCUT2D eigenvalue weighted by molar-refractivity contribution is 5.82. The number of anilines is 2. The summed E-state index contributed by atoms with van der Waals surface area (Å²) in [5.41, 5.74) is 12.9. The Hall–Kier alpha value is -4.11. The molecule has 0 atom stereocenters. The largest absolute Gasteiger partial charge is 0.491 e. The van der Waals surface area contributed by atoms with Gasteiger partial charge < -0.3 is 31.0 Å². The van der Waals surface area contributed by atoms with Crippen molar-refractivity contribution < 1.29 is 19.0 Å². The second kappa shape index (κ2) is 10.5. The molecule has 0 radical (unpaired) electrons. The van der Waals surface area contributed by atoms with Gasteiger partial charge in [-0.25, -0.2) is 9.97 Å². The van der Waals surface area contributed by atoms with Crippen molar-refractivity contribution in [1.29, 1.82) is 0 Å². The fourth-order valence-electron chi connectivity index (χ4n) is 3.19. The Balaban J connectivity index is 1.10. The smallest absolute Gasteiger partial charge is 0.258 e. The minimum atomic E-state index is -0.235. The number of hydrogen-bond donors (Lipinski definition) is 3. The zero-order valence-electron chi connectivity index (χ0n) is 18.0. The van der Waals surface area contributed by atoms with Crippen LogP contribution in [0.15, 0.2) is 60.7 Å². The maximum atomic E-state index is 12.0. The second-order valence-corrected chi connectivity index (χ2v) is 7.28. The van der Waals surface area contributed by atoms with Crippen LogP contribution in [0, 0.1) is 0 Å². The summed E-state index contributed by atoms with van der Waals surface area (Å²) in [6.07, 6.45) is 0. The van der Waals surface area contributed by atoms with Crippen molar-refractivity contribution in [2.45, 2.75) is 0 Å². The van der Waals surface area contributed by atoms with E-state index in [4.69, 9.17) is 25.7 Å². The Morgan fingerprint density at radius 1 is 0.758 bits per heavy atom. The van der Waals surface area contributed by atoms with Crippen LogP contribution in [0.4, 0.5) is 11.6 Å². The van der Waals surface area contributed by atoms with E-state index in [1.165, 1.54) is 0 Å². The summed E-state index contributed by atoms with van der Waals surface area (Å²) in [6, 6.07) is 18.3. The number of carbonyl (C=O) groups is 1. The number of nitrogen functional groups attached to an aromatic ring is 2. The highest BCUT2D eigenvalue weighted by Gasteiger charge is 2.05. The van der Waals surface area contributed by atoms with Crippen LogP contribution in [0.3, 0.4) is 0 Å². The van der Waals surface area contributed by atoms with Crippen LogP contribution in [0.5, 0.6) is 11.5 Å². The van der Waals surface area contributed by atoms with Gasteiger partial charge in [-0.3, -0.25) is 4.79 Å². The zero-order valence-corrected chi connectivity index (χ0v) is 18.0. The Labute approximate surface area is 190 Å². The van der Waals surface area contributed by atoms with Crippen LogP contribution >= 0.6 is 0 Å². The van der Waals surface area contributed by atoms with Gasteiger partial charge in [0.2, 0.25) is 0 Å². The third-order valence-electron chi connectivity index (χ3n) is 4.80. The minimum absolute atomic E-state index is 0.0978. The zero-order chi connectivity index (χ0) is 23.0. The number of ether oxygens (including phenoxy) is 3. The lowest BCUT2D eigenvalue weighted by molar-refractivity contribution is -0.123. The first-order valence-electron chi connectivity index (χ1n) is 10.5. The summed E-state index contributed by atoms with van der Waals surface area (Å²) >= 11 is 0. The lowest BCUT2D eigenvalue weighted by Crippen LogP contribution is -2.32. The predicted octanol–water partition coefficient (Wildman–Crippen LogP) is 2.54. The molecule has 1 amide bonds. The van der Waals surface area contributed by atoms with Gasteiger partial charge in [-0.15, -0.1) is 0 Å². The van der Waals surface area contributed by atoms with E-state index in [2.05, 4.69) is 15.3 Å². The third-order valence-corrected chi connectivity index (χ3v) is 4.80. The first kappa shape index (κ1) is 22.1. The normalized spacial score (nSPS) is 10.9. The summed E-state index contributed by atoms with van der Waals surface area (Å²) in [5, 5.41) is 4.65. The number of hydrogen-bond acceptors (Lipinski definition) is 8. The van der Waals surface area contributed by atoms with Crippen LogP contribution in [-0.4, -0.2) is 48.8 Å². The summed E-state index contributed by atoms with van der Waals surface area (Å²) < 4.78 is 16.7. The Morgan fingerprint density at radius 3 is 2.30 bits per heavy atom. The van der Waals surface area contributed by atoms with E-state index in [0.29, 0.717) is 49.3 Å². The molecule has 2 aromatic heterocycles. The molecule has 5 N–H and O–H groups in total. The van der Waals surface area contributed by atoms with E-state index in [-0.39, 0.29) is 12.5 Å². The van der Waals surface area contributed by atoms with Crippen molar-refractivity contribution in [3.63, 3.8) is 0 Å². The lowest BCUT2D eigenvalue weighted by Gasteiger charge is -2.10. The number of nitrogens with one attached hydrogen (secondary N) is 1. The average Bonchev–Trinajstić information content (AvgIpc) is 2.81. The Bertz CT molecular complexity index is 1260. The van der Waals surface area contributed by atoms with Gasteiger partial charge in [0.25, 0.3) is 5.91 Å². The number of nitrogens with zero attached hydrogens (tertiary/aromatic N) is 2. The second-order valence-electron chi connectivity index (χ2n) is 7.28. The van der Waals surface area contributed by atoms with Gasteiger partial charge in [0, 0.05) is 23.4 Å². The van der Waals surface area contributed by atoms with Crippen molar-refractivity contribution in [1.82, 2.24) is 15.3 Å². The van der Waals surface area contributed by atoms with Gasteiger partial charge in [-0.05, 0) is 54.6 Å². The van der Waals surface area contributed by atoms with Crippen molar-refractivity contribution in [2.75, 3.05) is 44.4 Å². The number of aromatic nitrogens is 2. The molecule has 0 unspecified atom stereocenters. The van der Waals surface area contributed by atoms with Crippen LogP contribution < -0.4 is 26.3 Å². The molecule has 0 bridgehead atoms. The number of benzene rings is 2. The fraction of sp³-hybridized carbons (Fsp3) is 0.208. The molecule has 0 fully saturated rings. The van der Waals surface area contributed by atoms with Gasteiger partial charge in [0.15, 0.2) is 6.61 Å². The molecule has 2 heterocycles. The number of fused-ring (bicyclic) bond motifs is 2. The highest BCUT2D eigenvalue weighted by Crippen LogP contribution is 2.21. The summed E-state index contributed by atoms with van der Waals surface area (Å²) in [7, 11) is 0. The molecule has 4 rings (SSSR count). The SMILES string of the molecule is Nc1ccc2cc(OCCOCCNC(=O)COc3ccc4ccc(N)nc4c3)ccc2n1. The fourth-order valence-corrected chi connectivity index (χ4v) is 3.19. The first-order chi connectivity index (χ1) is 16.1. The topological polar surface area (TPSA) is 135 Å². The van der Waals surface area contributed by atoms with E-state index in [9.17, 15) is 4.79 Å². The molecule has 9 nitrogen and oxygen atoms in total. The first-order valence-corrected chi connectivity index (χ1v) is 10.5. The molecule has 9 heteroatoms. The Morgan fingerprint density at radius 2 is 1.45 bits per heavy atom. The quantitative estimate of drug-likeness (QED) is 0.316. The molecule has 2 aromatic carbocycles. The van der Waals surface area contributed by atoms with Crippen molar-refractivity contribution >= 4 is 39.3 Å². The average molecular weight is 447 g/mol. The number of carbonyl (C=O) groups excluding carboxylic acids is 1. The number of pyridine rings is 2. The highest BCUT2D eigenvalue weighted by atomic mass is 16.5. The van der Waals surface area contributed by atoms with Gasteiger partial charge in [-0.1, -0.05) is 0 Å². The molecular formula is C24H25N5O4. The van der Waals surface area contributed by atoms with Gasteiger partial charge in [0.1, 0.15) is 29.7 Å². The minimum Gasteiger partial charge on any atom is -0.491 e. The summed E-state index contributed by atoms with van der Waals surface area (Å²) in [5.74, 6) is 1.97. The van der Waals surface area contributed by atoms with Crippen LogP contribution in [0.1, 0.15) is 0 Å². The molecule has 4 aromatic rings. The van der Waals surface area contributed by atoms with Crippen molar-refractivity contribution in [3.8, 4) is 11.5 Å². The number of amides is 1. The van der Waals surface area contributed by atoms with Crippen molar-refractivity contribution in [3.05, 3.63) is 60.7 Å². The van der Waals surface area contributed by atoms with Crippen LogP contribution in [0.25, 0.3) is 21.8 Å². The van der Waals surface area contributed by atoms with Gasteiger partial charge >= 0.3 is 0 Å². The monoisotopic (exact) mass is 447 g/mol. The van der Waals surface area contributed by atoms with E-state index >= 15 is 0 Å². The van der Waals surface area contributed by atoms with Gasteiger partial charge in [0.05, 0.1) is 24.2 Å². The molecule has 170 valence electrons. The number of nitrogens with two attached hydrogens (primary N) is 2. The third kappa shape index (κ3) is 6.20. The maximum Gasteiger partial charge on any atom is 0.258 e. The summed E-state index contributed by atoms with van der Waals surface area (Å²) in [4.78, 5) is 20.5. The van der Waals surface area contributed by atoms with E-state index in [0.717, 1.165) is 22.0 Å². The maximum absolute atomic E-state index is 12.0. The Kier molecular flexibility index (Phi) is 7.01. The molecule has 0 aliphatic carbocycles. The molecule has 0 aliphatic heterocycles. The molecule has 0 spiro atoms. The molecule has 33 heavy (non-hydrogen) atoms. The van der Waals surface area contributed by atoms with Gasteiger partial charge in [-0.2, -0.15) is 0 Å². The van der Waals surface area contributed by atoms with Crippen LogP contribution in [-0.2, 0) is 9.53 Å². The molecule has 0 aliphatic rings. The number of rotatable bonds is 10. The predicted molar refractivity (Wildman–Crippen MR) is 127 cm³/mol. The summed E-state index contributed by atoms with van der Waals surface area (Å²) in [6.45, 7) is 1.44. The molecule has 0 saturated heterocycles. The molecule has 0 saturated carbocycles. The van der Waals surface area contributed by atoms with Crippen molar-refractivity contribution in [2.24, 2.45) is 0 Å². The van der Waals surface area contributed by atoms with E-state index in [1.54, 1.807) is 24.3 Å². The molecular weight excluding hydrogens is 422 g/mol. The van der Waals surface area contributed by atoms with Crippen LogP contribution in [0.2, 0.25) is 0 Å². The standard InChI is InChI=1S/C24H25N5O4/c25-22-8-3-17-13-18(5-6-20(17)28-22)32-12-11-31-10-9-27-24(30)15-33-19-4-1-16-2-7-23(26)29-21(16)14-19/h1-8,13-14H,9-12,15H2,(H2,25,28)(H2,26,29)(H,27,30). The lowest BCUT2D eigenvalue weighted by atomic mass is 10.2. The van der Waals surface area contributed by atoms with E-state index in [1.807, 2.05) is 36.4 Å². The van der Waals surface area contributed by atoms with E-state index < -0.39 is 0 Å².